The maximum Gasteiger partial charge on any atom is 0.0619 e. The van der Waals surface area contributed by atoms with Crippen LogP contribution in [0, 0.1) is 0 Å². The van der Waals surface area contributed by atoms with Crippen LogP contribution in [0.1, 0.15) is 0 Å². The van der Waals surface area contributed by atoms with Gasteiger partial charge in [-0.25, -0.2) is 0 Å². The van der Waals surface area contributed by atoms with Gasteiger partial charge in [-0.05, 0) is 114 Å². The van der Waals surface area contributed by atoms with Gasteiger partial charge in [-0.3, -0.25) is 0 Å². The first-order valence-corrected chi connectivity index (χ1v) is 23.4. The molecule has 13 aromatic rings. The van der Waals surface area contributed by atoms with E-state index in [2.05, 4.69) is 276 Å². The van der Waals surface area contributed by atoms with Crippen molar-refractivity contribution >= 4 is 71.2 Å². The summed E-state index contributed by atoms with van der Waals surface area (Å²) in [5.41, 5.74) is 16.2. The largest absolute Gasteiger partial charge is 0.310 e. The zero-order chi connectivity index (χ0) is 45.0. The monoisotopic (exact) mass is 864 g/mol. The van der Waals surface area contributed by atoms with E-state index in [9.17, 15) is 0 Å². The Kier molecular flexibility index (Phi) is 9.54. The molecule has 0 unspecified atom stereocenters. The van der Waals surface area contributed by atoms with Gasteiger partial charge in [-0.15, -0.1) is 0 Å². The summed E-state index contributed by atoms with van der Waals surface area (Å²) in [7, 11) is 0. The number of aromatic nitrogens is 1. The lowest BCUT2D eigenvalue weighted by Crippen LogP contribution is -2.10. The fraction of sp³-hybridized carbons (Fsp3) is 0. The Labute approximate surface area is 395 Å². The maximum absolute atomic E-state index is 2.49. The fourth-order valence-corrected chi connectivity index (χ4v) is 10.7. The van der Waals surface area contributed by atoms with Crippen LogP contribution in [0.4, 0.5) is 17.1 Å². The van der Waals surface area contributed by atoms with Crippen LogP contribution in [-0.2, 0) is 0 Å². The first-order valence-electron chi connectivity index (χ1n) is 23.4. The van der Waals surface area contributed by atoms with E-state index in [-0.39, 0.29) is 0 Å². The second-order valence-electron chi connectivity index (χ2n) is 17.6. The minimum Gasteiger partial charge on any atom is -0.310 e. The van der Waals surface area contributed by atoms with Crippen molar-refractivity contribution in [3.63, 3.8) is 0 Å². The predicted octanol–water partition coefficient (Wildman–Crippen LogP) is 18.4. The summed E-state index contributed by atoms with van der Waals surface area (Å²) >= 11 is 0. The van der Waals surface area contributed by atoms with Gasteiger partial charge in [0.2, 0.25) is 0 Å². The fourth-order valence-electron chi connectivity index (χ4n) is 10.7. The molecular weight excluding hydrogens is 821 g/mol. The lowest BCUT2D eigenvalue weighted by atomic mass is 9.92. The zero-order valence-corrected chi connectivity index (χ0v) is 37.3. The molecule has 0 fully saturated rings. The minimum absolute atomic E-state index is 1.07. The van der Waals surface area contributed by atoms with Gasteiger partial charge >= 0.3 is 0 Å². The summed E-state index contributed by atoms with van der Waals surface area (Å²) in [5, 5.41) is 9.89. The standard InChI is InChI=1S/C66H44N2/c1-2-18-47(19-3-1)63-44-53(39-41-59(63)60-32-10-12-36-64(60)68-65-37-13-11-33-61(65)62-40-38-48-22-6-9-31-58(48)66(62)68)67(51-27-14-25-49(42-51)56-34-16-23-45-20-4-7-29-54(45)56)52-28-15-26-50(43-52)57-35-17-24-46-21-5-8-30-55(46)57/h1-44H. The molecule has 0 atom stereocenters. The number of fused-ring (bicyclic) bond motifs is 7. The molecule has 0 aliphatic carbocycles. The minimum atomic E-state index is 1.07. The van der Waals surface area contributed by atoms with Gasteiger partial charge in [0.05, 0.1) is 16.7 Å². The van der Waals surface area contributed by atoms with E-state index in [4.69, 9.17) is 0 Å². The highest BCUT2D eigenvalue weighted by molar-refractivity contribution is 6.19. The van der Waals surface area contributed by atoms with E-state index >= 15 is 0 Å². The van der Waals surface area contributed by atoms with Gasteiger partial charge in [0.25, 0.3) is 0 Å². The third kappa shape index (κ3) is 6.65. The first-order chi connectivity index (χ1) is 33.7. The normalized spacial score (nSPS) is 11.5. The van der Waals surface area contributed by atoms with Crippen LogP contribution in [0.5, 0.6) is 0 Å². The summed E-state index contributed by atoms with van der Waals surface area (Å²) in [5.74, 6) is 0. The number of benzene rings is 12. The van der Waals surface area contributed by atoms with E-state index in [1.54, 1.807) is 0 Å². The lowest BCUT2D eigenvalue weighted by molar-refractivity contribution is 1.19. The van der Waals surface area contributed by atoms with Crippen LogP contribution < -0.4 is 4.90 Å². The molecule has 0 spiro atoms. The average molecular weight is 865 g/mol. The van der Waals surface area contributed by atoms with Gasteiger partial charge in [0, 0.05) is 38.8 Å². The number of hydrogen-bond acceptors (Lipinski definition) is 1. The van der Waals surface area contributed by atoms with Crippen LogP contribution in [0.15, 0.2) is 267 Å². The molecule has 0 aliphatic rings. The van der Waals surface area contributed by atoms with Crippen LogP contribution in [0.2, 0.25) is 0 Å². The summed E-state index contributed by atoms with van der Waals surface area (Å²) < 4.78 is 2.49. The molecule has 12 aromatic carbocycles. The van der Waals surface area contributed by atoms with E-state index in [0.29, 0.717) is 0 Å². The van der Waals surface area contributed by atoms with Gasteiger partial charge in [-0.2, -0.15) is 0 Å². The third-order valence-corrected chi connectivity index (χ3v) is 13.8. The van der Waals surface area contributed by atoms with Gasteiger partial charge in [0.15, 0.2) is 0 Å². The van der Waals surface area contributed by atoms with E-state index in [1.165, 1.54) is 76.4 Å². The number of para-hydroxylation sites is 2. The molecule has 2 heteroatoms. The van der Waals surface area contributed by atoms with Gasteiger partial charge in [0.1, 0.15) is 0 Å². The second-order valence-corrected chi connectivity index (χ2v) is 17.6. The van der Waals surface area contributed by atoms with Crippen molar-refractivity contribution in [1.29, 1.82) is 0 Å². The van der Waals surface area contributed by atoms with Crippen molar-refractivity contribution in [1.82, 2.24) is 4.57 Å². The highest BCUT2D eigenvalue weighted by Crippen LogP contribution is 2.46. The number of nitrogens with zero attached hydrogens (tertiary/aromatic N) is 2. The quantitative estimate of drug-likeness (QED) is 0.148. The van der Waals surface area contributed by atoms with Crippen LogP contribution in [0.25, 0.3) is 104 Å². The molecule has 1 aromatic heterocycles. The molecular formula is C66H44N2. The van der Waals surface area contributed by atoms with Crippen LogP contribution in [-0.4, -0.2) is 4.57 Å². The Morgan fingerprint density at radius 3 is 1.41 bits per heavy atom. The summed E-state index contributed by atoms with van der Waals surface area (Å²) in [6.07, 6.45) is 0. The molecule has 68 heavy (non-hydrogen) atoms. The maximum atomic E-state index is 2.49. The third-order valence-electron chi connectivity index (χ3n) is 13.8. The molecule has 318 valence electrons. The van der Waals surface area contributed by atoms with Crippen molar-refractivity contribution in [2.75, 3.05) is 4.90 Å². The summed E-state index contributed by atoms with van der Waals surface area (Å²) in [6, 6.07) is 97.7. The van der Waals surface area contributed by atoms with E-state index in [1.807, 2.05) is 0 Å². The number of rotatable bonds is 8. The van der Waals surface area contributed by atoms with Crippen LogP contribution in [0.3, 0.4) is 0 Å². The first kappa shape index (κ1) is 39.4. The van der Waals surface area contributed by atoms with Crippen molar-refractivity contribution in [3.05, 3.63) is 267 Å². The molecule has 0 aliphatic heterocycles. The molecule has 0 saturated heterocycles. The predicted molar refractivity (Wildman–Crippen MR) is 290 cm³/mol. The van der Waals surface area contributed by atoms with E-state index < -0.39 is 0 Å². The Bertz CT molecular complexity index is 3910. The molecule has 0 saturated carbocycles. The molecule has 13 rings (SSSR count). The molecule has 0 N–H and O–H groups in total. The SMILES string of the molecule is c1ccc(-c2cc(N(c3cccc(-c4cccc5ccccc45)c3)c3cccc(-c4cccc5ccccc45)c3)ccc2-c2ccccc2-n2c3ccccc3c3ccc4ccccc4c32)cc1. The molecule has 2 nitrogen and oxygen atoms in total. The smallest absolute Gasteiger partial charge is 0.0619 e. The second kappa shape index (κ2) is 16.5. The number of anilines is 3. The molecule has 0 radical (unpaired) electrons. The van der Waals surface area contributed by atoms with Gasteiger partial charge < -0.3 is 9.47 Å². The van der Waals surface area contributed by atoms with Crippen molar-refractivity contribution in [3.8, 4) is 50.2 Å². The zero-order valence-electron chi connectivity index (χ0n) is 37.3. The van der Waals surface area contributed by atoms with Crippen molar-refractivity contribution in [2.45, 2.75) is 0 Å². The molecule has 1 heterocycles. The molecule has 0 bridgehead atoms. The Balaban J connectivity index is 1.04. The highest BCUT2D eigenvalue weighted by atomic mass is 15.1. The van der Waals surface area contributed by atoms with E-state index in [0.717, 1.165) is 45.0 Å². The topological polar surface area (TPSA) is 8.17 Å². The summed E-state index contributed by atoms with van der Waals surface area (Å²) in [6.45, 7) is 0. The Morgan fingerprint density at radius 1 is 0.250 bits per heavy atom. The van der Waals surface area contributed by atoms with Crippen LogP contribution >= 0.6 is 0 Å². The average Bonchev–Trinajstić information content (AvgIpc) is 3.76. The Hall–Kier alpha value is -8.98. The number of hydrogen-bond donors (Lipinski definition) is 0. The highest BCUT2D eigenvalue weighted by Gasteiger charge is 2.22. The lowest BCUT2D eigenvalue weighted by Gasteiger charge is -2.28. The summed E-state index contributed by atoms with van der Waals surface area (Å²) in [4.78, 5) is 2.44. The van der Waals surface area contributed by atoms with Gasteiger partial charge in [-0.1, -0.05) is 218 Å². The molecule has 0 amide bonds. The van der Waals surface area contributed by atoms with Crippen molar-refractivity contribution < 1.29 is 0 Å². The van der Waals surface area contributed by atoms with Crippen molar-refractivity contribution in [2.24, 2.45) is 0 Å². The Morgan fingerprint density at radius 2 is 0.735 bits per heavy atom.